The molecule has 5 heteroatoms. The number of hydrogen-bond donors (Lipinski definition) is 2. The lowest BCUT2D eigenvalue weighted by Crippen LogP contribution is -2.28. The molecule has 1 aliphatic rings. The van der Waals surface area contributed by atoms with Gasteiger partial charge in [-0.1, -0.05) is 12.1 Å². The molecule has 0 saturated carbocycles. The molecule has 0 aliphatic heterocycles. The lowest BCUT2D eigenvalue weighted by molar-refractivity contribution is 0.0932. The average Bonchev–Trinajstić information content (AvgIpc) is 2.82. The van der Waals surface area contributed by atoms with Gasteiger partial charge in [-0.15, -0.1) is 0 Å². The number of aliphatic hydroxyl groups excluding tert-OH is 1. The van der Waals surface area contributed by atoms with Crippen LogP contribution in [0.2, 0.25) is 0 Å². The fourth-order valence-electron chi connectivity index (χ4n) is 2.20. The molecule has 2 rings (SSSR count). The topological polar surface area (TPSA) is 75.4 Å². The van der Waals surface area contributed by atoms with E-state index in [4.69, 9.17) is 4.52 Å². The number of aromatic nitrogens is 1. The van der Waals surface area contributed by atoms with Crippen molar-refractivity contribution in [3.05, 3.63) is 17.0 Å². The van der Waals surface area contributed by atoms with Crippen LogP contribution in [0.5, 0.6) is 0 Å². The number of aliphatic hydroxyl groups is 1. The van der Waals surface area contributed by atoms with Gasteiger partial charge in [-0.25, -0.2) is 0 Å². The van der Waals surface area contributed by atoms with Gasteiger partial charge in [0.1, 0.15) is 5.76 Å². The van der Waals surface area contributed by atoms with Crippen molar-refractivity contribution in [1.82, 2.24) is 10.5 Å². The zero-order chi connectivity index (χ0) is 13.0. The molecule has 0 spiro atoms. The summed E-state index contributed by atoms with van der Waals surface area (Å²) < 4.78 is 5.20. The van der Waals surface area contributed by atoms with Crippen molar-refractivity contribution in [1.29, 1.82) is 0 Å². The van der Waals surface area contributed by atoms with E-state index >= 15 is 0 Å². The Morgan fingerprint density at radius 3 is 3.06 bits per heavy atom. The number of rotatable bonds is 5. The zero-order valence-electron chi connectivity index (χ0n) is 10.7. The highest BCUT2D eigenvalue weighted by Gasteiger charge is 2.23. The van der Waals surface area contributed by atoms with E-state index in [1.807, 2.05) is 6.92 Å². The standard InChI is InChI=1S/C13H20N2O3/c1-2-9(16)7-8-14-13(17)12-10-5-3-4-6-11(10)18-15-12/h9,16H,2-8H2,1H3,(H,14,17). The fourth-order valence-corrected chi connectivity index (χ4v) is 2.20. The summed E-state index contributed by atoms with van der Waals surface area (Å²) in [6, 6.07) is 0. The summed E-state index contributed by atoms with van der Waals surface area (Å²) in [4.78, 5) is 11.9. The van der Waals surface area contributed by atoms with Gasteiger partial charge in [0.2, 0.25) is 0 Å². The number of amides is 1. The minimum Gasteiger partial charge on any atom is -0.393 e. The van der Waals surface area contributed by atoms with Crippen LogP contribution in [-0.2, 0) is 12.8 Å². The largest absolute Gasteiger partial charge is 0.393 e. The van der Waals surface area contributed by atoms with Crippen molar-refractivity contribution >= 4 is 5.91 Å². The summed E-state index contributed by atoms with van der Waals surface area (Å²) in [6.45, 7) is 2.38. The second kappa shape index (κ2) is 6.00. The van der Waals surface area contributed by atoms with E-state index in [9.17, 15) is 9.90 Å². The molecule has 5 nitrogen and oxygen atoms in total. The van der Waals surface area contributed by atoms with E-state index in [0.29, 0.717) is 25.1 Å². The van der Waals surface area contributed by atoms with Gasteiger partial charge in [0.05, 0.1) is 6.10 Å². The normalized spacial score (nSPS) is 16.1. The SMILES string of the molecule is CCC(O)CCNC(=O)c1noc2c1CCCC2. The average molecular weight is 252 g/mol. The molecule has 1 aliphatic carbocycles. The van der Waals surface area contributed by atoms with Crippen LogP contribution in [0, 0.1) is 0 Å². The minimum atomic E-state index is -0.350. The highest BCUT2D eigenvalue weighted by molar-refractivity contribution is 5.93. The number of nitrogens with one attached hydrogen (secondary N) is 1. The van der Waals surface area contributed by atoms with E-state index in [0.717, 1.165) is 37.0 Å². The smallest absolute Gasteiger partial charge is 0.273 e. The highest BCUT2D eigenvalue weighted by Crippen LogP contribution is 2.23. The molecule has 18 heavy (non-hydrogen) atoms. The van der Waals surface area contributed by atoms with Crippen LogP contribution in [0.4, 0.5) is 0 Å². The molecule has 1 unspecified atom stereocenters. The van der Waals surface area contributed by atoms with Crippen LogP contribution in [0.3, 0.4) is 0 Å². The van der Waals surface area contributed by atoms with Gasteiger partial charge in [-0.2, -0.15) is 0 Å². The number of hydrogen-bond acceptors (Lipinski definition) is 4. The molecule has 1 aromatic heterocycles. The summed E-state index contributed by atoms with van der Waals surface area (Å²) in [6.07, 6.45) is 4.87. The van der Waals surface area contributed by atoms with Crippen molar-refractivity contribution in [2.24, 2.45) is 0 Å². The van der Waals surface area contributed by atoms with Crippen molar-refractivity contribution in [2.45, 2.75) is 51.6 Å². The minimum absolute atomic E-state index is 0.190. The molecule has 0 fully saturated rings. The quantitative estimate of drug-likeness (QED) is 0.831. The predicted octanol–water partition coefficient (Wildman–Crippen LogP) is 1.44. The van der Waals surface area contributed by atoms with Crippen LogP contribution in [0.25, 0.3) is 0 Å². The van der Waals surface area contributed by atoms with E-state index in [2.05, 4.69) is 10.5 Å². The Balaban J connectivity index is 1.91. The summed E-state index contributed by atoms with van der Waals surface area (Å²) in [7, 11) is 0. The first kappa shape index (κ1) is 13.1. The first-order valence-corrected chi connectivity index (χ1v) is 6.66. The van der Waals surface area contributed by atoms with Crippen LogP contribution in [-0.4, -0.2) is 28.8 Å². The molecule has 0 aromatic carbocycles. The van der Waals surface area contributed by atoms with Gasteiger partial charge in [0.15, 0.2) is 5.69 Å². The maximum atomic E-state index is 11.9. The Bertz CT molecular complexity index is 414. The van der Waals surface area contributed by atoms with E-state index in [-0.39, 0.29) is 12.0 Å². The Kier molecular flexibility index (Phi) is 4.36. The summed E-state index contributed by atoms with van der Waals surface area (Å²) >= 11 is 0. The molecule has 2 N–H and O–H groups in total. The van der Waals surface area contributed by atoms with Crippen LogP contribution in [0.15, 0.2) is 4.52 Å². The maximum Gasteiger partial charge on any atom is 0.273 e. The second-order valence-electron chi connectivity index (χ2n) is 4.75. The third-order valence-corrected chi connectivity index (χ3v) is 3.40. The van der Waals surface area contributed by atoms with Gasteiger partial charge in [-0.3, -0.25) is 4.79 Å². The van der Waals surface area contributed by atoms with E-state index in [1.54, 1.807) is 0 Å². The molecule has 1 heterocycles. The Hall–Kier alpha value is -1.36. The number of nitrogens with zero attached hydrogens (tertiary/aromatic N) is 1. The number of fused-ring (bicyclic) bond motifs is 1. The molecule has 1 aromatic rings. The van der Waals surface area contributed by atoms with Gasteiger partial charge in [-0.05, 0) is 32.1 Å². The Labute approximate surface area is 107 Å². The lowest BCUT2D eigenvalue weighted by atomic mass is 9.96. The predicted molar refractivity (Wildman–Crippen MR) is 66.4 cm³/mol. The van der Waals surface area contributed by atoms with Crippen LogP contribution in [0.1, 0.15) is 54.4 Å². The van der Waals surface area contributed by atoms with Crippen molar-refractivity contribution in [2.75, 3.05) is 6.54 Å². The van der Waals surface area contributed by atoms with Crippen molar-refractivity contribution < 1.29 is 14.4 Å². The first-order valence-electron chi connectivity index (χ1n) is 6.66. The third-order valence-electron chi connectivity index (χ3n) is 3.40. The molecular formula is C13H20N2O3. The van der Waals surface area contributed by atoms with Crippen LogP contribution >= 0.6 is 0 Å². The van der Waals surface area contributed by atoms with Gasteiger partial charge in [0, 0.05) is 18.5 Å². The van der Waals surface area contributed by atoms with Crippen LogP contribution < -0.4 is 5.32 Å². The number of carbonyl (C=O) groups excluding carboxylic acids is 1. The molecule has 0 saturated heterocycles. The second-order valence-corrected chi connectivity index (χ2v) is 4.75. The van der Waals surface area contributed by atoms with Gasteiger partial charge < -0.3 is 14.9 Å². The Morgan fingerprint density at radius 1 is 1.50 bits per heavy atom. The monoisotopic (exact) mass is 252 g/mol. The van der Waals surface area contributed by atoms with Crippen molar-refractivity contribution in [3.63, 3.8) is 0 Å². The molecular weight excluding hydrogens is 232 g/mol. The molecule has 0 radical (unpaired) electrons. The fraction of sp³-hybridized carbons (Fsp3) is 0.692. The van der Waals surface area contributed by atoms with E-state index < -0.39 is 0 Å². The summed E-state index contributed by atoms with van der Waals surface area (Å²) in [5.74, 6) is 0.671. The number of carbonyl (C=O) groups is 1. The lowest BCUT2D eigenvalue weighted by Gasteiger charge is -2.10. The summed E-state index contributed by atoms with van der Waals surface area (Å²) in [5.41, 5.74) is 1.39. The molecule has 100 valence electrons. The molecule has 0 bridgehead atoms. The molecule has 1 atom stereocenters. The molecule has 1 amide bonds. The van der Waals surface area contributed by atoms with E-state index in [1.165, 1.54) is 0 Å². The third kappa shape index (κ3) is 2.90. The van der Waals surface area contributed by atoms with Gasteiger partial charge in [0.25, 0.3) is 5.91 Å². The summed E-state index contributed by atoms with van der Waals surface area (Å²) in [5, 5.41) is 16.1. The van der Waals surface area contributed by atoms with Gasteiger partial charge >= 0.3 is 0 Å². The number of aryl methyl sites for hydroxylation is 1. The Morgan fingerprint density at radius 2 is 2.28 bits per heavy atom. The first-order chi connectivity index (χ1) is 8.72. The highest BCUT2D eigenvalue weighted by atomic mass is 16.5. The maximum absolute atomic E-state index is 11.9. The zero-order valence-corrected chi connectivity index (χ0v) is 10.7. The van der Waals surface area contributed by atoms with Crippen molar-refractivity contribution in [3.8, 4) is 0 Å².